The van der Waals surface area contributed by atoms with Crippen molar-refractivity contribution in [1.29, 1.82) is 0 Å². The lowest BCUT2D eigenvalue weighted by atomic mass is 10.4. The number of halogens is 3. The fourth-order valence-electron chi connectivity index (χ4n) is 1.14. The molecule has 0 saturated heterocycles. The summed E-state index contributed by atoms with van der Waals surface area (Å²) in [5, 5.41) is 2.74. The Morgan fingerprint density at radius 2 is 2.11 bits per heavy atom. The van der Waals surface area contributed by atoms with Gasteiger partial charge in [-0.1, -0.05) is 0 Å². The minimum atomic E-state index is -4.32. The molecule has 1 aromatic heterocycles. The van der Waals surface area contributed by atoms with E-state index in [1.807, 2.05) is 0 Å². The lowest BCUT2D eigenvalue weighted by Gasteiger charge is -2.11. The zero-order chi connectivity index (χ0) is 13.6. The highest BCUT2D eigenvalue weighted by atomic mass is 19.4. The van der Waals surface area contributed by atoms with E-state index in [9.17, 15) is 13.2 Å². The molecule has 3 N–H and O–H groups in total. The van der Waals surface area contributed by atoms with Crippen molar-refractivity contribution in [1.82, 2.24) is 9.97 Å². The number of aromatic nitrogens is 2. The maximum absolute atomic E-state index is 11.8. The minimum Gasteiger partial charge on any atom is -0.490 e. The van der Waals surface area contributed by atoms with E-state index in [1.165, 1.54) is 13.4 Å². The minimum absolute atomic E-state index is 0.118. The summed E-state index contributed by atoms with van der Waals surface area (Å²) in [4.78, 5) is 7.56. The van der Waals surface area contributed by atoms with Crippen LogP contribution in [0.4, 0.5) is 24.8 Å². The Morgan fingerprint density at radius 1 is 1.39 bits per heavy atom. The molecule has 0 atom stereocenters. The summed E-state index contributed by atoms with van der Waals surface area (Å²) < 4.78 is 44.7. The van der Waals surface area contributed by atoms with Gasteiger partial charge in [-0.05, 0) is 0 Å². The van der Waals surface area contributed by atoms with Gasteiger partial charge in [-0.3, -0.25) is 0 Å². The molecule has 0 aliphatic carbocycles. The van der Waals surface area contributed by atoms with Gasteiger partial charge in [0.2, 0.25) is 5.75 Å². The average Bonchev–Trinajstić information content (AvgIpc) is 2.27. The van der Waals surface area contributed by atoms with E-state index >= 15 is 0 Å². The van der Waals surface area contributed by atoms with E-state index in [4.69, 9.17) is 10.5 Å². The molecule has 0 aliphatic heterocycles. The fraction of sp³-hybridized carbons (Fsp3) is 0.556. The third kappa shape index (κ3) is 4.62. The standard InChI is InChI=1S/C9H13F3N4O2/c1-17-6-7(13)15-5-16-8(6)14-2-3-18-4-9(10,11)12/h5H,2-4H2,1H3,(H3,13,14,15,16). The summed E-state index contributed by atoms with van der Waals surface area (Å²) in [7, 11) is 1.39. The van der Waals surface area contributed by atoms with Gasteiger partial charge >= 0.3 is 6.18 Å². The number of nitrogens with two attached hydrogens (primary N) is 1. The molecule has 102 valence electrons. The number of anilines is 2. The van der Waals surface area contributed by atoms with Crippen molar-refractivity contribution in [3.8, 4) is 5.75 Å². The van der Waals surface area contributed by atoms with Gasteiger partial charge in [0.05, 0.1) is 13.7 Å². The first kappa shape index (κ1) is 14.3. The molecule has 1 aromatic rings. The molecule has 9 heteroatoms. The second-order valence-corrected chi connectivity index (χ2v) is 3.24. The van der Waals surface area contributed by atoms with E-state index in [0.717, 1.165) is 0 Å². The number of methoxy groups -OCH3 is 1. The van der Waals surface area contributed by atoms with Crippen LogP contribution in [0.25, 0.3) is 0 Å². The predicted octanol–water partition coefficient (Wildman–Crippen LogP) is 1.06. The molecule has 1 rings (SSSR count). The molecule has 0 aliphatic rings. The van der Waals surface area contributed by atoms with E-state index in [0.29, 0.717) is 5.82 Å². The molecule has 0 aromatic carbocycles. The molecule has 0 amide bonds. The Bertz CT molecular complexity index is 387. The number of nitrogens with zero attached hydrogens (tertiary/aromatic N) is 2. The van der Waals surface area contributed by atoms with Crippen LogP contribution in [0.1, 0.15) is 0 Å². The van der Waals surface area contributed by atoms with Crippen LogP contribution in [-0.2, 0) is 4.74 Å². The van der Waals surface area contributed by atoms with Crippen molar-refractivity contribution in [2.45, 2.75) is 6.18 Å². The highest BCUT2D eigenvalue weighted by Crippen LogP contribution is 2.25. The maximum atomic E-state index is 11.8. The lowest BCUT2D eigenvalue weighted by Crippen LogP contribution is -2.20. The van der Waals surface area contributed by atoms with Gasteiger partial charge in [0.25, 0.3) is 0 Å². The predicted molar refractivity (Wildman–Crippen MR) is 58.4 cm³/mol. The SMILES string of the molecule is COc1c(N)ncnc1NCCOCC(F)(F)F. The molecule has 0 radical (unpaired) electrons. The summed E-state index contributed by atoms with van der Waals surface area (Å²) in [5.41, 5.74) is 5.52. The molecule has 0 spiro atoms. The number of ether oxygens (including phenoxy) is 2. The molecule has 6 nitrogen and oxygen atoms in total. The fourth-order valence-corrected chi connectivity index (χ4v) is 1.14. The summed E-state index contributed by atoms with van der Waals surface area (Å²) in [5.74, 6) is 0.695. The van der Waals surface area contributed by atoms with Crippen LogP contribution in [0.2, 0.25) is 0 Å². The monoisotopic (exact) mass is 266 g/mol. The van der Waals surface area contributed by atoms with Gasteiger partial charge in [-0.2, -0.15) is 13.2 Å². The van der Waals surface area contributed by atoms with Gasteiger partial charge < -0.3 is 20.5 Å². The first-order valence-electron chi connectivity index (χ1n) is 4.97. The zero-order valence-electron chi connectivity index (χ0n) is 9.62. The number of hydrogen-bond acceptors (Lipinski definition) is 6. The van der Waals surface area contributed by atoms with Crippen molar-refractivity contribution in [2.24, 2.45) is 0 Å². The first-order chi connectivity index (χ1) is 8.44. The number of rotatable bonds is 6. The van der Waals surface area contributed by atoms with E-state index in [1.54, 1.807) is 0 Å². The lowest BCUT2D eigenvalue weighted by molar-refractivity contribution is -0.172. The Morgan fingerprint density at radius 3 is 2.72 bits per heavy atom. The van der Waals surface area contributed by atoms with Crippen molar-refractivity contribution in [3.63, 3.8) is 0 Å². The van der Waals surface area contributed by atoms with Crippen molar-refractivity contribution in [3.05, 3.63) is 6.33 Å². The summed E-state index contributed by atoms with van der Waals surface area (Å²) in [6.07, 6.45) is -3.10. The summed E-state index contributed by atoms with van der Waals surface area (Å²) in [6, 6.07) is 0. The number of alkyl halides is 3. The molecule has 0 fully saturated rings. The molecular weight excluding hydrogens is 253 g/mol. The van der Waals surface area contributed by atoms with Gasteiger partial charge in [-0.15, -0.1) is 0 Å². The molecular formula is C9H13F3N4O2. The highest BCUT2D eigenvalue weighted by Gasteiger charge is 2.27. The van der Waals surface area contributed by atoms with Crippen LogP contribution in [0.15, 0.2) is 6.33 Å². The van der Waals surface area contributed by atoms with E-state index in [2.05, 4.69) is 20.0 Å². The van der Waals surface area contributed by atoms with Crippen LogP contribution in [0, 0.1) is 0 Å². The maximum Gasteiger partial charge on any atom is 0.411 e. The second-order valence-electron chi connectivity index (χ2n) is 3.24. The van der Waals surface area contributed by atoms with E-state index < -0.39 is 12.8 Å². The van der Waals surface area contributed by atoms with Crippen LogP contribution < -0.4 is 15.8 Å². The van der Waals surface area contributed by atoms with Crippen LogP contribution in [0.5, 0.6) is 5.75 Å². The van der Waals surface area contributed by atoms with Gasteiger partial charge in [0, 0.05) is 6.54 Å². The molecule has 0 bridgehead atoms. The van der Waals surface area contributed by atoms with Crippen molar-refractivity contribution < 1.29 is 22.6 Å². The Hall–Kier alpha value is -1.77. The smallest absolute Gasteiger partial charge is 0.411 e. The summed E-state index contributed by atoms with van der Waals surface area (Å²) >= 11 is 0. The Balaban J connectivity index is 2.38. The topological polar surface area (TPSA) is 82.3 Å². The highest BCUT2D eigenvalue weighted by molar-refractivity contribution is 5.61. The largest absolute Gasteiger partial charge is 0.490 e. The van der Waals surface area contributed by atoms with Crippen LogP contribution in [-0.4, -0.2) is 43.0 Å². The molecule has 0 saturated carbocycles. The Kier molecular flexibility index (Phi) is 4.95. The normalized spacial score (nSPS) is 11.3. The van der Waals surface area contributed by atoms with Crippen molar-refractivity contribution in [2.75, 3.05) is 37.9 Å². The molecule has 0 unspecified atom stereocenters. The third-order valence-electron chi connectivity index (χ3n) is 1.84. The van der Waals surface area contributed by atoms with E-state index in [-0.39, 0.29) is 24.7 Å². The van der Waals surface area contributed by atoms with Crippen LogP contribution >= 0.6 is 0 Å². The molecule has 18 heavy (non-hydrogen) atoms. The number of nitrogens with one attached hydrogen (secondary N) is 1. The van der Waals surface area contributed by atoms with Gasteiger partial charge in [0.1, 0.15) is 12.9 Å². The average molecular weight is 266 g/mol. The number of hydrogen-bond donors (Lipinski definition) is 2. The molecule has 1 heterocycles. The summed E-state index contributed by atoms with van der Waals surface area (Å²) in [6.45, 7) is -1.26. The quantitative estimate of drug-likeness (QED) is 0.749. The second kappa shape index (κ2) is 6.24. The van der Waals surface area contributed by atoms with Gasteiger partial charge in [-0.25, -0.2) is 9.97 Å². The van der Waals surface area contributed by atoms with Gasteiger partial charge in [0.15, 0.2) is 11.6 Å². The number of nitrogen functional groups attached to an aromatic ring is 1. The first-order valence-corrected chi connectivity index (χ1v) is 4.97. The van der Waals surface area contributed by atoms with Crippen LogP contribution in [0.3, 0.4) is 0 Å². The zero-order valence-corrected chi connectivity index (χ0v) is 9.62. The third-order valence-corrected chi connectivity index (χ3v) is 1.84. The Labute approximate surface area is 101 Å². The van der Waals surface area contributed by atoms with Crippen molar-refractivity contribution >= 4 is 11.6 Å².